The number of nitrogens with zero attached hydrogens (tertiary/aromatic N) is 2. The number of hydrogen-bond donors (Lipinski definition) is 1. The van der Waals surface area contributed by atoms with Crippen LogP contribution in [0.5, 0.6) is 5.75 Å². The lowest BCUT2D eigenvalue weighted by Gasteiger charge is -2.27. The van der Waals surface area contributed by atoms with Crippen molar-refractivity contribution in [2.24, 2.45) is 0 Å². The number of ether oxygens (including phenoxy) is 1. The Labute approximate surface area is 216 Å². The fourth-order valence-electron chi connectivity index (χ4n) is 4.63. The maximum atomic E-state index is 13.4. The number of hydrogen-bond acceptors (Lipinski definition) is 5. The first kappa shape index (κ1) is 25.3. The van der Waals surface area contributed by atoms with Gasteiger partial charge < -0.3 is 14.7 Å². The summed E-state index contributed by atoms with van der Waals surface area (Å²) in [6, 6.07) is 19.1. The zero-order valence-electron chi connectivity index (χ0n) is 20.8. The highest BCUT2D eigenvalue weighted by Gasteiger charge is 2.47. The zero-order valence-corrected chi connectivity index (χ0v) is 21.5. The van der Waals surface area contributed by atoms with Crippen LogP contribution >= 0.6 is 11.6 Å². The van der Waals surface area contributed by atoms with Crippen LogP contribution < -0.4 is 14.5 Å². The van der Waals surface area contributed by atoms with Crippen LogP contribution in [0.1, 0.15) is 36.6 Å². The molecule has 1 amide bonds. The van der Waals surface area contributed by atoms with Crippen molar-refractivity contribution >= 4 is 40.4 Å². The van der Waals surface area contributed by atoms with Crippen molar-refractivity contribution in [3.63, 3.8) is 0 Å². The minimum atomic E-state index is -0.800. The summed E-state index contributed by atoms with van der Waals surface area (Å²) < 4.78 is 5.28. The molecule has 0 aliphatic carbocycles. The number of aryl methyl sites for hydroxylation is 1. The van der Waals surface area contributed by atoms with E-state index in [1.54, 1.807) is 18.2 Å². The van der Waals surface area contributed by atoms with E-state index in [0.29, 0.717) is 22.0 Å². The third-order valence-electron chi connectivity index (χ3n) is 6.48. The van der Waals surface area contributed by atoms with Crippen LogP contribution in [0.25, 0.3) is 5.76 Å². The van der Waals surface area contributed by atoms with Crippen LogP contribution in [0.15, 0.2) is 72.3 Å². The minimum absolute atomic E-state index is 0.0165. The molecule has 0 spiro atoms. The van der Waals surface area contributed by atoms with Crippen molar-refractivity contribution in [3.8, 4) is 5.75 Å². The van der Waals surface area contributed by atoms with E-state index in [4.69, 9.17) is 16.3 Å². The standard InChI is InChI=1S/C29H29ClN2O4/c1-5-31(6-2)21-11-13-22(14-12-21)32-26(19-9-7-8-18(3)16-19)25(28(34)29(32)35)27(33)20-10-15-23(30)24(17-20)36-4/h7-17,26,33H,5-6H2,1-4H3/b27-25-. The van der Waals surface area contributed by atoms with Crippen LogP contribution in [-0.2, 0) is 9.59 Å². The van der Waals surface area contributed by atoms with Gasteiger partial charge in [0.2, 0.25) is 0 Å². The van der Waals surface area contributed by atoms with Gasteiger partial charge in [-0.05, 0) is 68.8 Å². The minimum Gasteiger partial charge on any atom is -0.507 e. The lowest BCUT2D eigenvalue weighted by Crippen LogP contribution is -2.29. The first-order chi connectivity index (χ1) is 17.3. The van der Waals surface area contributed by atoms with E-state index in [-0.39, 0.29) is 11.3 Å². The first-order valence-corrected chi connectivity index (χ1v) is 12.2. The monoisotopic (exact) mass is 504 g/mol. The SMILES string of the molecule is CCN(CC)c1ccc(N2C(=O)C(=O)/C(=C(\O)c3ccc(Cl)c(OC)c3)C2c2cccc(C)c2)cc1. The predicted molar refractivity (Wildman–Crippen MR) is 144 cm³/mol. The van der Waals surface area contributed by atoms with Crippen LogP contribution in [0, 0.1) is 6.92 Å². The van der Waals surface area contributed by atoms with Gasteiger partial charge in [-0.15, -0.1) is 0 Å². The summed E-state index contributed by atoms with van der Waals surface area (Å²) in [5.41, 5.74) is 3.66. The largest absolute Gasteiger partial charge is 0.507 e. The molecule has 0 saturated carbocycles. The number of amides is 1. The summed E-state index contributed by atoms with van der Waals surface area (Å²) in [5, 5.41) is 11.7. The summed E-state index contributed by atoms with van der Waals surface area (Å²) in [7, 11) is 1.47. The van der Waals surface area contributed by atoms with E-state index in [2.05, 4.69) is 18.7 Å². The average molecular weight is 505 g/mol. The Kier molecular flexibility index (Phi) is 7.36. The van der Waals surface area contributed by atoms with Gasteiger partial charge in [0.05, 0.1) is 23.7 Å². The molecule has 6 nitrogen and oxygen atoms in total. The van der Waals surface area contributed by atoms with Crippen LogP contribution in [0.3, 0.4) is 0 Å². The molecule has 1 aliphatic rings. The van der Waals surface area contributed by atoms with Gasteiger partial charge in [-0.25, -0.2) is 0 Å². The molecule has 1 heterocycles. The molecule has 0 bridgehead atoms. The normalized spacial score (nSPS) is 16.9. The molecule has 36 heavy (non-hydrogen) atoms. The molecule has 1 atom stereocenters. The Morgan fingerprint density at radius 2 is 1.72 bits per heavy atom. The van der Waals surface area contributed by atoms with Crippen molar-refractivity contribution in [1.82, 2.24) is 0 Å². The van der Waals surface area contributed by atoms with Crippen molar-refractivity contribution in [1.29, 1.82) is 0 Å². The molecule has 4 rings (SSSR count). The Bertz CT molecular complexity index is 1330. The molecule has 1 fully saturated rings. The van der Waals surface area contributed by atoms with E-state index in [1.165, 1.54) is 12.0 Å². The summed E-state index contributed by atoms with van der Waals surface area (Å²) in [6.07, 6.45) is 0. The number of anilines is 2. The zero-order chi connectivity index (χ0) is 26.0. The van der Waals surface area contributed by atoms with Gasteiger partial charge in [-0.1, -0.05) is 41.4 Å². The topological polar surface area (TPSA) is 70.1 Å². The summed E-state index contributed by atoms with van der Waals surface area (Å²) in [4.78, 5) is 30.4. The van der Waals surface area contributed by atoms with Crippen molar-refractivity contribution < 1.29 is 19.4 Å². The van der Waals surface area contributed by atoms with Crippen LogP contribution in [-0.4, -0.2) is 37.0 Å². The van der Waals surface area contributed by atoms with Gasteiger partial charge in [-0.3, -0.25) is 14.5 Å². The molecule has 1 saturated heterocycles. The Balaban J connectivity index is 1.89. The quantitative estimate of drug-likeness (QED) is 0.238. The van der Waals surface area contributed by atoms with Crippen molar-refractivity contribution in [2.45, 2.75) is 26.8 Å². The predicted octanol–water partition coefficient (Wildman–Crippen LogP) is 6.13. The highest BCUT2D eigenvalue weighted by molar-refractivity contribution is 6.51. The van der Waals surface area contributed by atoms with Crippen LogP contribution in [0.2, 0.25) is 5.02 Å². The van der Waals surface area contributed by atoms with Gasteiger partial charge in [0.1, 0.15) is 11.5 Å². The Morgan fingerprint density at radius 1 is 1.03 bits per heavy atom. The van der Waals surface area contributed by atoms with E-state index in [9.17, 15) is 14.7 Å². The first-order valence-electron chi connectivity index (χ1n) is 11.9. The second-order valence-corrected chi connectivity index (χ2v) is 9.03. The number of rotatable bonds is 7. The van der Waals surface area contributed by atoms with E-state index in [0.717, 1.165) is 29.9 Å². The van der Waals surface area contributed by atoms with Gasteiger partial charge in [0.25, 0.3) is 11.7 Å². The molecule has 0 aromatic heterocycles. The highest BCUT2D eigenvalue weighted by Crippen LogP contribution is 2.43. The van der Waals surface area contributed by atoms with Gasteiger partial charge >= 0.3 is 0 Å². The number of Topliss-reactive ketones (excluding diaryl/α,β-unsaturated/α-hetero) is 1. The number of aliphatic hydroxyl groups is 1. The van der Waals surface area contributed by atoms with Crippen LogP contribution in [0.4, 0.5) is 11.4 Å². The molecular formula is C29H29ClN2O4. The molecular weight excluding hydrogens is 476 g/mol. The number of halogens is 1. The third kappa shape index (κ3) is 4.56. The number of aliphatic hydroxyl groups excluding tert-OH is 1. The van der Waals surface area contributed by atoms with Gasteiger partial charge in [-0.2, -0.15) is 0 Å². The lowest BCUT2D eigenvalue weighted by molar-refractivity contribution is -0.132. The lowest BCUT2D eigenvalue weighted by atomic mass is 9.94. The fraction of sp³-hybridized carbons (Fsp3) is 0.241. The third-order valence-corrected chi connectivity index (χ3v) is 6.80. The number of methoxy groups -OCH3 is 1. The second-order valence-electron chi connectivity index (χ2n) is 8.62. The summed E-state index contributed by atoms with van der Waals surface area (Å²) in [6.45, 7) is 7.82. The Hall–Kier alpha value is -3.77. The van der Waals surface area contributed by atoms with E-state index in [1.807, 2.05) is 55.5 Å². The van der Waals surface area contributed by atoms with E-state index >= 15 is 0 Å². The Morgan fingerprint density at radius 3 is 2.33 bits per heavy atom. The molecule has 1 aliphatic heterocycles. The van der Waals surface area contributed by atoms with Gasteiger partial charge in [0.15, 0.2) is 0 Å². The number of carbonyl (C=O) groups excluding carboxylic acids is 2. The maximum Gasteiger partial charge on any atom is 0.300 e. The molecule has 3 aromatic rings. The smallest absolute Gasteiger partial charge is 0.300 e. The highest BCUT2D eigenvalue weighted by atomic mass is 35.5. The molecule has 1 unspecified atom stereocenters. The second kappa shape index (κ2) is 10.5. The van der Waals surface area contributed by atoms with Crippen molar-refractivity contribution in [2.75, 3.05) is 30.0 Å². The molecule has 186 valence electrons. The van der Waals surface area contributed by atoms with E-state index < -0.39 is 17.7 Å². The summed E-state index contributed by atoms with van der Waals surface area (Å²) >= 11 is 6.16. The molecule has 1 N–H and O–H groups in total. The average Bonchev–Trinajstić information content (AvgIpc) is 3.15. The molecule has 7 heteroatoms. The van der Waals surface area contributed by atoms with Crippen molar-refractivity contribution in [3.05, 3.63) is 94.0 Å². The number of ketones is 1. The summed E-state index contributed by atoms with van der Waals surface area (Å²) in [5.74, 6) is -1.37. The number of benzene rings is 3. The van der Waals surface area contributed by atoms with Gasteiger partial charge in [0, 0.05) is 30.0 Å². The fourth-order valence-corrected chi connectivity index (χ4v) is 4.82. The molecule has 0 radical (unpaired) electrons. The number of carbonyl (C=O) groups is 2. The molecule has 3 aromatic carbocycles. The maximum absolute atomic E-state index is 13.4.